The van der Waals surface area contributed by atoms with E-state index >= 15 is 0 Å². The van der Waals surface area contributed by atoms with Crippen LogP contribution in [-0.4, -0.2) is 19.1 Å². The van der Waals surface area contributed by atoms with Crippen LogP contribution in [0, 0.1) is 5.92 Å². The van der Waals surface area contributed by atoms with E-state index in [0.717, 1.165) is 37.6 Å². The van der Waals surface area contributed by atoms with Crippen LogP contribution in [0.5, 0.6) is 0 Å². The quantitative estimate of drug-likeness (QED) is 0.668. The molecule has 2 rings (SSSR count). The van der Waals surface area contributed by atoms with Crippen molar-refractivity contribution in [2.45, 2.75) is 31.7 Å². The highest BCUT2D eigenvalue weighted by Crippen LogP contribution is 2.32. The fraction of sp³-hybridized carbons (Fsp3) is 0.667. The third kappa shape index (κ3) is 3.68. The Morgan fingerprint density at radius 2 is 2.33 bits per heavy atom. The molecule has 0 bridgehead atoms. The maximum absolute atomic E-state index is 6.00. The van der Waals surface area contributed by atoms with Gasteiger partial charge < -0.3 is 15.5 Å². The number of nitrogens with two attached hydrogens (primary N) is 1. The van der Waals surface area contributed by atoms with Crippen LogP contribution in [-0.2, 0) is 6.42 Å². The first-order valence-corrected chi connectivity index (χ1v) is 5.85. The van der Waals surface area contributed by atoms with E-state index in [9.17, 15) is 0 Å². The topological polar surface area (TPSA) is 51.2 Å². The van der Waals surface area contributed by atoms with Crippen molar-refractivity contribution < 1.29 is 4.42 Å². The molecule has 0 radical (unpaired) electrons. The standard InChI is InChI=1S/C12H20N2O/c13-12(10-3-4-10)6-8-14-7-5-11-2-1-9-15-11/h1-2,9-10,12,14H,3-8,13H2. The lowest BCUT2D eigenvalue weighted by Crippen LogP contribution is -2.29. The van der Waals surface area contributed by atoms with Gasteiger partial charge in [-0.3, -0.25) is 0 Å². The summed E-state index contributed by atoms with van der Waals surface area (Å²) in [5, 5.41) is 3.40. The smallest absolute Gasteiger partial charge is 0.105 e. The molecule has 0 aliphatic heterocycles. The van der Waals surface area contributed by atoms with Gasteiger partial charge in [0.25, 0.3) is 0 Å². The molecule has 0 spiro atoms. The second kappa shape index (κ2) is 5.33. The molecule has 0 aromatic carbocycles. The van der Waals surface area contributed by atoms with Gasteiger partial charge in [0.05, 0.1) is 6.26 Å². The molecule has 1 aromatic rings. The van der Waals surface area contributed by atoms with Gasteiger partial charge in [0, 0.05) is 19.0 Å². The van der Waals surface area contributed by atoms with E-state index in [1.807, 2.05) is 12.1 Å². The van der Waals surface area contributed by atoms with E-state index in [1.165, 1.54) is 12.8 Å². The zero-order chi connectivity index (χ0) is 10.5. The monoisotopic (exact) mass is 208 g/mol. The normalized spacial score (nSPS) is 17.9. The minimum Gasteiger partial charge on any atom is -0.469 e. The van der Waals surface area contributed by atoms with Crippen LogP contribution in [0.2, 0.25) is 0 Å². The maximum atomic E-state index is 6.00. The Hall–Kier alpha value is -0.800. The lowest BCUT2D eigenvalue weighted by atomic mass is 10.1. The second-order valence-electron chi connectivity index (χ2n) is 4.37. The van der Waals surface area contributed by atoms with Gasteiger partial charge in [-0.25, -0.2) is 0 Å². The van der Waals surface area contributed by atoms with Crippen LogP contribution in [0.15, 0.2) is 22.8 Å². The summed E-state index contributed by atoms with van der Waals surface area (Å²) >= 11 is 0. The third-order valence-corrected chi connectivity index (χ3v) is 3.01. The summed E-state index contributed by atoms with van der Waals surface area (Å²) in [6.45, 7) is 2.00. The van der Waals surface area contributed by atoms with E-state index in [-0.39, 0.29) is 0 Å². The minimum absolute atomic E-state index is 0.418. The van der Waals surface area contributed by atoms with Crippen molar-refractivity contribution in [2.75, 3.05) is 13.1 Å². The lowest BCUT2D eigenvalue weighted by Gasteiger charge is -2.10. The van der Waals surface area contributed by atoms with Crippen LogP contribution in [0.1, 0.15) is 25.0 Å². The number of hydrogen-bond donors (Lipinski definition) is 2. The molecule has 3 nitrogen and oxygen atoms in total. The van der Waals surface area contributed by atoms with Crippen molar-refractivity contribution in [3.63, 3.8) is 0 Å². The molecule has 3 heteroatoms. The molecule has 84 valence electrons. The Morgan fingerprint density at radius 3 is 3.00 bits per heavy atom. The highest BCUT2D eigenvalue weighted by molar-refractivity contribution is 4.98. The summed E-state index contributed by atoms with van der Waals surface area (Å²) in [5.74, 6) is 1.87. The fourth-order valence-electron chi connectivity index (χ4n) is 1.82. The summed E-state index contributed by atoms with van der Waals surface area (Å²) in [5.41, 5.74) is 6.00. The Kier molecular flexibility index (Phi) is 3.80. The molecule has 1 heterocycles. The van der Waals surface area contributed by atoms with E-state index in [1.54, 1.807) is 6.26 Å². The molecule has 1 aromatic heterocycles. The van der Waals surface area contributed by atoms with Crippen molar-refractivity contribution in [1.82, 2.24) is 5.32 Å². The molecule has 1 fully saturated rings. The second-order valence-corrected chi connectivity index (χ2v) is 4.37. The summed E-state index contributed by atoms with van der Waals surface area (Å²) in [7, 11) is 0. The third-order valence-electron chi connectivity index (χ3n) is 3.01. The van der Waals surface area contributed by atoms with Crippen LogP contribution in [0.3, 0.4) is 0 Å². The Bertz CT molecular complexity index is 267. The van der Waals surface area contributed by atoms with Crippen molar-refractivity contribution in [2.24, 2.45) is 11.7 Å². The van der Waals surface area contributed by atoms with Crippen LogP contribution < -0.4 is 11.1 Å². The minimum atomic E-state index is 0.418. The van der Waals surface area contributed by atoms with Crippen molar-refractivity contribution >= 4 is 0 Å². The summed E-state index contributed by atoms with van der Waals surface area (Å²) < 4.78 is 5.24. The van der Waals surface area contributed by atoms with Gasteiger partial charge in [-0.05, 0) is 43.9 Å². The summed E-state index contributed by atoms with van der Waals surface area (Å²) in [6.07, 6.45) is 6.47. The molecule has 1 unspecified atom stereocenters. The largest absolute Gasteiger partial charge is 0.469 e. The molecule has 0 saturated heterocycles. The van der Waals surface area contributed by atoms with Gasteiger partial charge >= 0.3 is 0 Å². The Balaban J connectivity index is 1.48. The van der Waals surface area contributed by atoms with Crippen molar-refractivity contribution in [3.8, 4) is 0 Å². The van der Waals surface area contributed by atoms with Crippen molar-refractivity contribution in [3.05, 3.63) is 24.2 Å². The van der Waals surface area contributed by atoms with Gasteiger partial charge in [-0.15, -0.1) is 0 Å². The predicted octanol–water partition coefficient (Wildman–Crippen LogP) is 1.54. The molecule has 15 heavy (non-hydrogen) atoms. The first-order chi connectivity index (χ1) is 7.36. The lowest BCUT2D eigenvalue weighted by molar-refractivity contribution is 0.484. The van der Waals surface area contributed by atoms with Crippen LogP contribution in [0.25, 0.3) is 0 Å². The number of nitrogens with one attached hydrogen (secondary N) is 1. The zero-order valence-corrected chi connectivity index (χ0v) is 9.11. The summed E-state index contributed by atoms with van der Waals surface area (Å²) in [6, 6.07) is 4.36. The molecular formula is C12H20N2O. The number of furan rings is 1. The fourth-order valence-corrected chi connectivity index (χ4v) is 1.82. The molecule has 1 atom stereocenters. The Labute approximate surface area is 91.0 Å². The highest BCUT2D eigenvalue weighted by atomic mass is 16.3. The molecular weight excluding hydrogens is 188 g/mol. The van der Waals surface area contributed by atoms with Gasteiger partial charge in [0.2, 0.25) is 0 Å². The number of hydrogen-bond acceptors (Lipinski definition) is 3. The van der Waals surface area contributed by atoms with Gasteiger partial charge in [-0.1, -0.05) is 0 Å². The van der Waals surface area contributed by atoms with Crippen molar-refractivity contribution in [1.29, 1.82) is 0 Å². The zero-order valence-electron chi connectivity index (χ0n) is 9.11. The van der Waals surface area contributed by atoms with Gasteiger partial charge in [-0.2, -0.15) is 0 Å². The SMILES string of the molecule is NC(CCNCCc1ccco1)C1CC1. The Morgan fingerprint density at radius 1 is 1.47 bits per heavy atom. The van der Waals surface area contributed by atoms with E-state index < -0.39 is 0 Å². The van der Waals surface area contributed by atoms with E-state index in [2.05, 4.69) is 5.32 Å². The predicted molar refractivity (Wildman–Crippen MR) is 60.6 cm³/mol. The first-order valence-electron chi connectivity index (χ1n) is 5.85. The first kappa shape index (κ1) is 10.7. The molecule has 1 aliphatic rings. The van der Waals surface area contributed by atoms with E-state index in [4.69, 9.17) is 10.2 Å². The van der Waals surface area contributed by atoms with Crippen LogP contribution in [0.4, 0.5) is 0 Å². The molecule has 1 aliphatic carbocycles. The summed E-state index contributed by atoms with van der Waals surface area (Å²) in [4.78, 5) is 0. The van der Waals surface area contributed by atoms with Gasteiger partial charge in [0.1, 0.15) is 5.76 Å². The van der Waals surface area contributed by atoms with Crippen LogP contribution >= 0.6 is 0 Å². The average molecular weight is 208 g/mol. The average Bonchev–Trinajstić information content (AvgIpc) is 2.97. The van der Waals surface area contributed by atoms with E-state index in [0.29, 0.717) is 6.04 Å². The molecule has 1 saturated carbocycles. The number of rotatable bonds is 7. The molecule has 3 N–H and O–H groups in total. The van der Waals surface area contributed by atoms with Gasteiger partial charge in [0.15, 0.2) is 0 Å². The molecule has 0 amide bonds. The maximum Gasteiger partial charge on any atom is 0.105 e. The highest BCUT2D eigenvalue weighted by Gasteiger charge is 2.27.